The molecule has 3 aromatic rings. The van der Waals surface area contributed by atoms with Crippen molar-refractivity contribution in [3.63, 3.8) is 0 Å². The predicted octanol–water partition coefficient (Wildman–Crippen LogP) is 3.20. The zero-order chi connectivity index (χ0) is 19.6. The largest absolute Gasteiger partial charge is 0.406 e. The highest BCUT2D eigenvalue weighted by Crippen LogP contribution is 2.20. The van der Waals surface area contributed by atoms with Crippen molar-refractivity contribution in [2.75, 3.05) is 0 Å². The number of benzene rings is 1. The fourth-order valence-electron chi connectivity index (χ4n) is 2.76. The quantitative estimate of drug-likeness (QED) is 0.762. The maximum absolute atomic E-state index is 13.0. The molecular weight excluding hydrogens is 359 g/mol. The van der Waals surface area contributed by atoms with Crippen LogP contribution in [0.2, 0.25) is 0 Å². The fraction of sp³-hybridized carbons (Fsp3) is 0.211. The van der Waals surface area contributed by atoms with Crippen molar-refractivity contribution in [3.8, 4) is 0 Å². The number of nitrogens with zero attached hydrogens (tertiary/aromatic N) is 2. The van der Waals surface area contributed by atoms with Crippen molar-refractivity contribution in [1.29, 1.82) is 0 Å². The number of amides is 1. The van der Waals surface area contributed by atoms with Gasteiger partial charge in [-0.25, -0.2) is 0 Å². The normalized spacial score (nSPS) is 11.6. The summed E-state index contributed by atoms with van der Waals surface area (Å²) in [4.78, 5) is 29.0. The molecule has 0 atom stereocenters. The van der Waals surface area contributed by atoms with Crippen molar-refractivity contribution in [2.24, 2.45) is 0 Å². The lowest BCUT2D eigenvalue weighted by Crippen LogP contribution is -2.35. The molecule has 0 unspecified atom stereocenters. The highest BCUT2D eigenvalue weighted by atomic mass is 19.4. The molecule has 1 aromatic carbocycles. The Balaban J connectivity index is 2.04. The Morgan fingerprint density at radius 3 is 2.52 bits per heavy atom. The van der Waals surface area contributed by atoms with Gasteiger partial charge in [-0.1, -0.05) is 17.7 Å². The van der Waals surface area contributed by atoms with Gasteiger partial charge in [0, 0.05) is 24.3 Å². The van der Waals surface area contributed by atoms with Crippen molar-refractivity contribution in [3.05, 3.63) is 76.0 Å². The highest BCUT2D eigenvalue weighted by Gasteiger charge is 2.31. The van der Waals surface area contributed by atoms with E-state index in [1.54, 1.807) is 43.6 Å². The summed E-state index contributed by atoms with van der Waals surface area (Å²) in [5.74, 6) is -0.754. The van der Waals surface area contributed by atoms with Crippen LogP contribution >= 0.6 is 0 Å². The number of fused-ring (bicyclic) bond motifs is 1. The Bertz CT molecular complexity index is 1040. The first kappa shape index (κ1) is 18.6. The molecule has 1 N–H and O–H groups in total. The number of hydrogen-bond donors (Lipinski definition) is 1. The van der Waals surface area contributed by atoms with E-state index < -0.39 is 24.2 Å². The molecule has 3 rings (SSSR count). The van der Waals surface area contributed by atoms with E-state index in [4.69, 9.17) is 0 Å². The summed E-state index contributed by atoms with van der Waals surface area (Å²) < 4.78 is 39.5. The van der Waals surface area contributed by atoms with E-state index in [1.807, 2.05) is 0 Å². The number of hydrogen-bond acceptors (Lipinski definition) is 3. The number of halogens is 3. The first-order valence-electron chi connectivity index (χ1n) is 8.13. The van der Waals surface area contributed by atoms with E-state index in [1.165, 1.54) is 12.1 Å². The van der Waals surface area contributed by atoms with Gasteiger partial charge in [0.2, 0.25) is 0 Å². The minimum absolute atomic E-state index is 0.105. The molecule has 0 aliphatic rings. The molecule has 0 fully saturated rings. The number of carbonyl (C=O) groups excluding carboxylic acids is 1. The van der Waals surface area contributed by atoms with Crippen LogP contribution in [-0.4, -0.2) is 21.6 Å². The van der Waals surface area contributed by atoms with E-state index in [0.29, 0.717) is 9.95 Å². The highest BCUT2D eigenvalue weighted by molar-refractivity contribution is 5.96. The van der Waals surface area contributed by atoms with Crippen LogP contribution in [0.25, 0.3) is 10.8 Å². The topological polar surface area (TPSA) is 64.0 Å². The third kappa shape index (κ3) is 4.33. The number of pyridine rings is 2. The van der Waals surface area contributed by atoms with Gasteiger partial charge in [0.05, 0.1) is 0 Å². The van der Waals surface area contributed by atoms with Gasteiger partial charge in [0.1, 0.15) is 12.2 Å². The molecule has 1 amide bonds. The molecule has 0 bridgehead atoms. The molecular formula is C19H16F3N3O2. The minimum atomic E-state index is -4.64. The second kappa shape index (κ2) is 7.22. The summed E-state index contributed by atoms with van der Waals surface area (Å²) in [5.41, 5.74) is 0.304. The molecule has 27 heavy (non-hydrogen) atoms. The Morgan fingerprint density at radius 1 is 1.15 bits per heavy atom. The average molecular weight is 375 g/mol. The van der Waals surface area contributed by atoms with Crippen LogP contribution in [0.3, 0.4) is 0 Å². The summed E-state index contributed by atoms with van der Waals surface area (Å²) >= 11 is 0. The molecule has 140 valence electrons. The zero-order valence-corrected chi connectivity index (χ0v) is 14.4. The first-order valence-corrected chi connectivity index (χ1v) is 8.13. The third-order valence-corrected chi connectivity index (χ3v) is 4.04. The Morgan fingerprint density at radius 2 is 1.85 bits per heavy atom. The van der Waals surface area contributed by atoms with Crippen molar-refractivity contribution in [1.82, 2.24) is 14.9 Å². The van der Waals surface area contributed by atoms with Gasteiger partial charge in [-0.05, 0) is 42.1 Å². The zero-order valence-electron chi connectivity index (χ0n) is 14.4. The number of aromatic nitrogens is 2. The van der Waals surface area contributed by atoms with E-state index in [-0.39, 0.29) is 17.6 Å². The number of rotatable bonds is 4. The molecule has 0 spiro atoms. The monoisotopic (exact) mass is 375 g/mol. The summed E-state index contributed by atoms with van der Waals surface area (Å²) in [5, 5.41) is 3.11. The summed E-state index contributed by atoms with van der Waals surface area (Å²) in [7, 11) is 0. The maximum atomic E-state index is 13.0. The third-order valence-electron chi connectivity index (χ3n) is 4.04. The van der Waals surface area contributed by atoms with Gasteiger partial charge in [0.15, 0.2) is 0 Å². The van der Waals surface area contributed by atoms with Crippen molar-refractivity contribution < 1.29 is 18.0 Å². The molecule has 0 aliphatic heterocycles. The van der Waals surface area contributed by atoms with E-state index in [9.17, 15) is 22.8 Å². The van der Waals surface area contributed by atoms with Crippen LogP contribution < -0.4 is 10.9 Å². The molecule has 0 saturated carbocycles. The smallest absolute Gasteiger partial charge is 0.347 e. The summed E-state index contributed by atoms with van der Waals surface area (Å²) in [6, 6.07) is 9.52. The Labute approximate surface area is 152 Å². The van der Waals surface area contributed by atoms with Crippen LogP contribution in [0.5, 0.6) is 0 Å². The lowest BCUT2D eigenvalue weighted by Gasteiger charge is -2.16. The molecule has 0 saturated heterocycles. The molecule has 2 aromatic heterocycles. The van der Waals surface area contributed by atoms with Gasteiger partial charge in [-0.15, -0.1) is 0 Å². The van der Waals surface area contributed by atoms with Crippen LogP contribution in [0.1, 0.15) is 21.6 Å². The predicted molar refractivity (Wildman–Crippen MR) is 94.4 cm³/mol. The maximum Gasteiger partial charge on any atom is 0.406 e. The van der Waals surface area contributed by atoms with Crippen LogP contribution in [-0.2, 0) is 13.1 Å². The lowest BCUT2D eigenvalue weighted by atomic mass is 10.1. The van der Waals surface area contributed by atoms with Gasteiger partial charge in [0.25, 0.3) is 11.5 Å². The van der Waals surface area contributed by atoms with Crippen molar-refractivity contribution in [2.45, 2.75) is 26.2 Å². The number of nitrogens with one attached hydrogen (secondary N) is 1. The lowest BCUT2D eigenvalue weighted by molar-refractivity contribution is -0.141. The van der Waals surface area contributed by atoms with Gasteiger partial charge in [-0.2, -0.15) is 13.2 Å². The molecule has 5 nitrogen and oxygen atoms in total. The summed E-state index contributed by atoms with van der Waals surface area (Å²) in [6.45, 7) is 0.309. The SMILES string of the molecule is Cc1ccc2cc(C(=O)NCc3ccncc3)n(CC(F)(F)F)c(=O)c2c1. The van der Waals surface area contributed by atoms with E-state index in [2.05, 4.69) is 10.3 Å². The second-order valence-corrected chi connectivity index (χ2v) is 6.16. The van der Waals surface area contributed by atoms with E-state index >= 15 is 0 Å². The summed E-state index contributed by atoms with van der Waals surface area (Å²) in [6.07, 6.45) is -1.56. The fourth-order valence-corrected chi connectivity index (χ4v) is 2.76. The Hall–Kier alpha value is -3.16. The number of aryl methyl sites for hydroxylation is 1. The standard InChI is InChI=1S/C19H16F3N3O2/c1-12-2-3-14-9-16(17(26)24-10-13-4-6-23-7-5-13)25(11-19(20,21)22)18(27)15(14)8-12/h2-9H,10-11H2,1H3,(H,24,26). The van der Waals surface area contributed by atoms with Crippen LogP contribution in [0.15, 0.2) is 53.6 Å². The first-order chi connectivity index (χ1) is 12.7. The van der Waals surface area contributed by atoms with Gasteiger partial charge in [-0.3, -0.25) is 19.1 Å². The second-order valence-electron chi connectivity index (χ2n) is 6.16. The van der Waals surface area contributed by atoms with Gasteiger partial charge >= 0.3 is 6.18 Å². The van der Waals surface area contributed by atoms with E-state index in [0.717, 1.165) is 11.1 Å². The van der Waals surface area contributed by atoms with Crippen LogP contribution in [0, 0.1) is 6.92 Å². The Kier molecular flexibility index (Phi) is 4.98. The average Bonchev–Trinajstić information content (AvgIpc) is 2.62. The molecule has 0 aliphatic carbocycles. The molecule has 0 radical (unpaired) electrons. The molecule has 2 heterocycles. The van der Waals surface area contributed by atoms with Crippen LogP contribution in [0.4, 0.5) is 13.2 Å². The number of carbonyl (C=O) groups is 1. The van der Waals surface area contributed by atoms with Crippen molar-refractivity contribution >= 4 is 16.7 Å². The molecule has 8 heteroatoms. The van der Waals surface area contributed by atoms with Gasteiger partial charge < -0.3 is 5.32 Å². The number of alkyl halides is 3. The minimum Gasteiger partial charge on any atom is -0.347 e.